The molecule has 1 unspecified atom stereocenters. The summed E-state index contributed by atoms with van der Waals surface area (Å²) in [4.78, 5) is 7.01. The first kappa shape index (κ1) is 14.7. The lowest BCUT2D eigenvalue weighted by molar-refractivity contribution is 0.223. The van der Waals surface area contributed by atoms with E-state index in [2.05, 4.69) is 16.8 Å². The molecule has 3 nitrogen and oxygen atoms in total. The standard InChI is InChI=1S/C16H31N3/c1-2-3-4-7-12-15-13-18-16(17)19(15)14-10-8-5-6-9-11-14/h14-15H,2-13H2,1H3,(H2,17,18). The fourth-order valence-corrected chi connectivity index (χ4v) is 3.61. The van der Waals surface area contributed by atoms with Crippen molar-refractivity contribution in [2.45, 2.75) is 89.6 Å². The summed E-state index contributed by atoms with van der Waals surface area (Å²) < 4.78 is 0. The highest BCUT2D eigenvalue weighted by molar-refractivity contribution is 5.80. The minimum atomic E-state index is 0.597. The molecule has 1 aliphatic heterocycles. The Morgan fingerprint density at radius 3 is 2.53 bits per heavy atom. The van der Waals surface area contributed by atoms with Crippen LogP contribution in [-0.2, 0) is 0 Å². The molecule has 1 heterocycles. The smallest absolute Gasteiger partial charge is 0.191 e. The SMILES string of the molecule is CCCCCCC1CN=C(N)N1C1CCCCCC1. The van der Waals surface area contributed by atoms with Gasteiger partial charge in [0.25, 0.3) is 0 Å². The van der Waals surface area contributed by atoms with Gasteiger partial charge in [-0.05, 0) is 19.3 Å². The summed E-state index contributed by atoms with van der Waals surface area (Å²) >= 11 is 0. The molecule has 0 aromatic heterocycles. The first-order valence-corrected chi connectivity index (χ1v) is 8.41. The summed E-state index contributed by atoms with van der Waals surface area (Å²) in [6.45, 7) is 3.21. The molecule has 2 rings (SSSR count). The maximum absolute atomic E-state index is 6.16. The number of hydrogen-bond donors (Lipinski definition) is 1. The van der Waals surface area contributed by atoms with Gasteiger partial charge in [-0.25, -0.2) is 0 Å². The predicted molar refractivity (Wildman–Crippen MR) is 82.4 cm³/mol. The third-order valence-electron chi connectivity index (χ3n) is 4.73. The van der Waals surface area contributed by atoms with Gasteiger partial charge in [0.1, 0.15) is 0 Å². The normalized spacial score (nSPS) is 25.4. The van der Waals surface area contributed by atoms with Gasteiger partial charge in [0, 0.05) is 6.04 Å². The zero-order valence-corrected chi connectivity index (χ0v) is 12.6. The quantitative estimate of drug-likeness (QED) is 0.588. The van der Waals surface area contributed by atoms with Crippen LogP contribution >= 0.6 is 0 Å². The minimum Gasteiger partial charge on any atom is -0.370 e. The summed E-state index contributed by atoms with van der Waals surface area (Å²) in [6.07, 6.45) is 14.9. The van der Waals surface area contributed by atoms with Crippen LogP contribution in [0.25, 0.3) is 0 Å². The summed E-state index contributed by atoms with van der Waals surface area (Å²) in [6, 6.07) is 1.27. The van der Waals surface area contributed by atoms with Gasteiger partial charge >= 0.3 is 0 Å². The van der Waals surface area contributed by atoms with E-state index in [1.807, 2.05) is 0 Å². The van der Waals surface area contributed by atoms with Crippen LogP contribution in [0.1, 0.15) is 77.6 Å². The van der Waals surface area contributed by atoms with Crippen LogP contribution in [0.5, 0.6) is 0 Å². The molecule has 1 fully saturated rings. The second-order valence-electron chi connectivity index (χ2n) is 6.25. The van der Waals surface area contributed by atoms with E-state index in [1.54, 1.807) is 0 Å². The van der Waals surface area contributed by atoms with Gasteiger partial charge in [0.15, 0.2) is 5.96 Å². The molecule has 0 saturated heterocycles. The van der Waals surface area contributed by atoms with Crippen molar-refractivity contribution < 1.29 is 0 Å². The summed E-state index contributed by atoms with van der Waals surface area (Å²) in [7, 11) is 0. The molecule has 1 saturated carbocycles. The number of nitrogens with zero attached hydrogens (tertiary/aromatic N) is 2. The van der Waals surface area contributed by atoms with Gasteiger partial charge in [-0.3, -0.25) is 4.99 Å². The van der Waals surface area contributed by atoms with Crippen LogP contribution in [0, 0.1) is 0 Å². The van der Waals surface area contributed by atoms with E-state index >= 15 is 0 Å². The van der Waals surface area contributed by atoms with E-state index in [0.717, 1.165) is 12.5 Å². The number of unbranched alkanes of at least 4 members (excludes halogenated alkanes) is 3. The summed E-state index contributed by atoms with van der Waals surface area (Å²) in [5, 5.41) is 0. The lowest BCUT2D eigenvalue weighted by atomic mass is 10.0. The number of hydrogen-bond acceptors (Lipinski definition) is 3. The summed E-state index contributed by atoms with van der Waals surface area (Å²) in [5.41, 5.74) is 6.16. The lowest BCUT2D eigenvalue weighted by Crippen LogP contribution is -2.47. The van der Waals surface area contributed by atoms with Crippen LogP contribution in [0.3, 0.4) is 0 Å². The summed E-state index contributed by atoms with van der Waals surface area (Å²) in [5.74, 6) is 0.826. The van der Waals surface area contributed by atoms with Gasteiger partial charge in [0.05, 0.1) is 12.6 Å². The van der Waals surface area contributed by atoms with Crippen LogP contribution in [-0.4, -0.2) is 29.5 Å². The maximum Gasteiger partial charge on any atom is 0.191 e. The van der Waals surface area contributed by atoms with Crippen molar-refractivity contribution in [3.63, 3.8) is 0 Å². The van der Waals surface area contributed by atoms with E-state index in [4.69, 9.17) is 5.73 Å². The molecule has 0 radical (unpaired) electrons. The molecule has 1 atom stereocenters. The number of rotatable bonds is 6. The molecule has 110 valence electrons. The maximum atomic E-state index is 6.16. The molecule has 0 spiro atoms. The topological polar surface area (TPSA) is 41.6 Å². The lowest BCUT2D eigenvalue weighted by Gasteiger charge is -2.34. The number of guanidine groups is 1. The molecule has 0 amide bonds. The van der Waals surface area contributed by atoms with Crippen molar-refractivity contribution in [1.82, 2.24) is 4.90 Å². The predicted octanol–water partition coefficient (Wildman–Crippen LogP) is 3.68. The van der Waals surface area contributed by atoms with E-state index in [0.29, 0.717) is 12.1 Å². The van der Waals surface area contributed by atoms with Crippen molar-refractivity contribution in [2.75, 3.05) is 6.54 Å². The molecular formula is C16H31N3. The Bertz CT molecular complexity index is 280. The van der Waals surface area contributed by atoms with E-state index in [1.165, 1.54) is 70.6 Å². The average Bonchev–Trinajstić information content (AvgIpc) is 2.64. The second kappa shape index (κ2) is 7.76. The molecule has 2 aliphatic rings. The highest BCUT2D eigenvalue weighted by atomic mass is 15.3. The van der Waals surface area contributed by atoms with Gasteiger partial charge < -0.3 is 10.6 Å². The highest BCUT2D eigenvalue weighted by Gasteiger charge is 2.31. The van der Waals surface area contributed by atoms with Crippen molar-refractivity contribution in [3.05, 3.63) is 0 Å². The Morgan fingerprint density at radius 1 is 1.11 bits per heavy atom. The van der Waals surface area contributed by atoms with Crippen molar-refractivity contribution in [2.24, 2.45) is 10.7 Å². The zero-order valence-electron chi connectivity index (χ0n) is 12.6. The van der Waals surface area contributed by atoms with Gasteiger partial charge in [-0.1, -0.05) is 58.3 Å². The highest BCUT2D eigenvalue weighted by Crippen LogP contribution is 2.27. The minimum absolute atomic E-state index is 0.597. The fraction of sp³-hybridized carbons (Fsp3) is 0.938. The fourth-order valence-electron chi connectivity index (χ4n) is 3.61. The Labute approximate surface area is 118 Å². The van der Waals surface area contributed by atoms with Gasteiger partial charge in [-0.2, -0.15) is 0 Å². The molecule has 1 aliphatic carbocycles. The van der Waals surface area contributed by atoms with Crippen LogP contribution in [0.15, 0.2) is 4.99 Å². The molecule has 0 aromatic rings. The largest absolute Gasteiger partial charge is 0.370 e. The molecule has 0 bridgehead atoms. The average molecular weight is 265 g/mol. The Kier molecular flexibility index (Phi) is 5.99. The molecule has 0 aromatic carbocycles. The first-order chi connectivity index (χ1) is 9.33. The van der Waals surface area contributed by atoms with Crippen LogP contribution < -0.4 is 5.73 Å². The molecular weight excluding hydrogens is 234 g/mol. The number of aliphatic imine (C=N–C) groups is 1. The third kappa shape index (κ3) is 4.12. The number of nitrogens with two attached hydrogens (primary N) is 1. The van der Waals surface area contributed by atoms with Crippen molar-refractivity contribution >= 4 is 5.96 Å². The monoisotopic (exact) mass is 265 g/mol. The van der Waals surface area contributed by atoms with E-state index in [-0.39, 0.29) is 0 Å². The van der Waals surface area contributed by atoms with Crippen molar-refractivity contribution in [3.8, 4) is 0 Å². The first-order valence-electron chi connectivity index (χ1n) is 8.41. The van der Waals surface area contributed by atoms with Crippen LogP contribution in [0.4, 0.5) is 0 Å². The molecule has 3 heteroatoms. The zero-order chi connectivity index (χ0) is 13.5. The van der Waals surface area contributed by atoms with E-state index < -0.39 is 0 Å². The van der Waals surface area contributed by atoms with E-state index in [9.17, 15) is 0 Å². The Hall–Kier alpha value is -0.730. The second-order valence-corrected chi connectivity index (χ2v) is 6.25. The van der Waals surface area contributed by atoms with Gasteiger partial charge in [-0.15, -0.1) is 0 Å². The third-order valence-corrected chi connectivity index (χ3v) is 4.73. The Morgan fingerprint density at radius 2 is 1.84 bits per heavy atom. The molecule has 2 N–H and O–H groups in total. The van der Waals surface area contributed by atoms with Crippen molar-refractivity contribution in [1.29, 1.82) is 0 Å². The Balaban J connectivity index is 1.85. The van der Waals surface area contributed by atoms with Crippen LogP contribution in [0.2, 0.25) is 0 Å². The molecule has 19 heavy (non-hydrogen) atoms. The van der Waals surface area contributed by atoms with Gasteiger partial charge in [0.2, 0.25) is 0 Å².